The molecule has 2 aromatic carbocycles. The van der Waals surface area contributed by atoms with E-state index in [-0.39, 0.29) is 30.1 Å². The van der Waals surface area contributed by atoms with Crippen LogP contribution in [0.15, 0.2) is 48.5 Å². The molecule has 26 heavy (non-hydrogen) atoms. The number of anilines is 2. The van der Waals surface area contributed by atoms with Crippen molar-refractivity contribution in [3.8, 4) is 0 Å². The van der Waals surface area contributed by atoms with Crippen molar-refractivity contribution in [1.29, 1.82) is 0 Å². The highest BCUT2D eigenvalue weighted by atomic mass is 35.5. The predicted octanol–water partition coefficient (Wildman–Crippen LogP) is 4.06. The van der Waals surface area contributed by atoms with Crippen LogP contribution in [0.25, 0.3) is 0 Å². The first-order chi connectivity index (χ1) is 12.0. The Bertz CT molecular complexity index is 730. The molecule has 0 heterocycles. The molecule has 2 rings (SSSR count). The van der Waals surface area contributed by atoms with Gasteiger partial charge in [0.2, 0.25) is 5.91 Å². The molecule has 0 saturated carbocycles. The maximum atomic E-state index is 12.5. The van der Waals surface area contributed by atoms with E-state index in [1.165, 1.54) is 0 Å². The lowest BCUT2D eigenvalue weighted by Gasteiger charge is -2.12. The third kappa shape index (κ3) is 6.17. The van der Waals surface area contributed by atoms with Gasteiger partial charge in [-0.3, -0.25) is 9.59 Å². The summed E-state index contributed by atoms with van der Waals surface area (Å²) in [5, 5.41) is 9.02. The summed E-state index contributed by atoms with van der Waals surface area (Å²) in [5.41, 5.74) is 3.06. The smallest absolute Gasteiger partial charge is 0.255 e. The summed E-state index contributed by atoms with van der Waals surface area (Å²) >= 11 is 0. The first-order valence-corrected chi connectivity index (χ1v) is 8.52. The monoisotopic (exact) mass is 375 g/mol. The van der Waals surface area contributed by atoms with Crippen LogP contribution >= 0.6 is 12.4 Å². The fraction of sp³-hybridized carbons (Fsp3) is 0.300. The summed E-state index contributed by atoms with van der Waals surface area (Å²) in [6.45, 7) is 7.28. The van der Waals surface area contributed by atoms with Crippen molar-refractivity contribution < 1.29 is 9.59 Å². The minimum atomic E-state index is -0.175. The van der Waals surface area contributed by atoms with E-state index in [1.807, 2.05) is 45.0 Å². The zero-order valence-corrected chi connectivity index (χ0v) is 16.2. The van der Waals surface area contributed by atoms with E-state index >= 15 is 0 Å². The fourth-order valence-electron chi connectivity index (χ4n) is 2.24. The van der Waals surface area contributed by atoms with Gasteiger partial charge < -0.3 is 16.0 Å². The van der Waals surface area contributed by atoms with E-state index in [1.54, 1.807) is 24.3 Å². The van der Waals surface area contributed by atoms with Crippen LogP contribution in [0.4, 0.5) is 11.4 Å². The Kier molecular flexibility index (Phi) is 8.82. The summed E-state index contributed by atoms with van der Waals surface area (Å²) in [6.07, 6.45) is 0. The van der Waals surface area contributed by atoms with E-state index in [9.17, 15) is 9.59 Å². The molecule has 0 radical (unpaired) electrons. The standard InChI is InChI=1S/C20H25N3O2.ClH/c1-4-21-13-16-7-5-6-8-18(16)23-20(25)15-9-11-17(12-10-15)22-19(24)14(2)3;/h5-12,14,21H,4,13H2,1-3H3,(H,22,24)(H,23,25);1H. The van der Waals surface area contributed by atoms with E-state index in [0.717, 1.165) is 17.8 Å². The number of nitrogens with one attached hydrogen (secondary N) is 3. The molecule has 0 atom stereocenters. The van der Waals surface area contributed by atoms with Crippen LogP contribution in [0.1, 0.15) is 36.7 Å². The van der Waals surface area contributed by atoms with Crippen molar-refractivity contribution in [2.45, 2.75) is 27.3 Å². The van der Waals surface area contributed by atoms with Gasteiger partial charge in [-0.05, 0) is 42.4 Å². The number of benzene rings is 2. The molecule has 0 unspecified atom stereocenters. The summed E-state index contributed by atoms with van der Waals surface area (Å²) in [4.78, 5) is 24.2. The van der Waals surface area contributed by atoms with Crippen molar-refractivity contribution in [1.82, 2.24) is 5.32 Å². The van der Waals surface area contributed by atoms with Gasteiger partial charge in [-0.15, -0.1) is 12.4 Å². The van der Waals surface area contributed by atoms with Crippen LogP contribution < -0.4 is 16.0 Å². The zero-order valence-electron chi connectivity index (χ0n) is 15.3. The molecule has 3 N–H and O–H groups in total. The van der Waals surface area contributed by atoms with E-state index in [2.05, 4.69) is 16.0 Å². The van der Waals surface area contributed by atoms with E-state index < -0.39 is 0 Å². The van der Waals surface area contributed by atoms with Gasteiger partial charge >= 0.3 is 0 Å². The second kappa shape index (κ2) is 10.6. The molecule has 0 spiro atoms. The van der Waals surface area contributed by atoms with Crippen LogP contribution in [-0.4, -0.2) is 18.4 Å². The fourth-order valence-corrected chi connectivity index (χ4v) is 2.24. The number of hydrogen-bond donors (Lipinski definition) is 3. The third-order valence-electron chi connectivity index (χ3n) is 3.77. The molecular formula is C20H26ClN3O2. The number of amides is 2. The molecule has 2 aromatic rings. The van der Waals surface area contributed by atoms with Gasteiger partial charge in [0.1, 0.15) is 0 Å². The lowest BCUT2D eigenvalue weighted by Crippen LogP contribution is -2.18. The van der Waals surface area contributed by atoms with Crippen LogP contribution in [-0.2, 0) is 11.3 Å². The van der Waals surface area contributed by atoms with Crippen molar-refractivity contribution in [2.24, 2.45) is 5.92 Å². The van der Waals surface area contributed by atoms with Crippen LogP contribution in [0, 0.1) is 5.92 Å². The molecule has 2 amide bonds. The van der Waals surface area contributed by atoms with Crippen molar-refractivity contribution in [3.63, 3.8) is 0 Å². The maximum Gasteiger partial charge on any atom is 0.255 e. The number of hydrogen-bond acceptors (Lipinski definition) is 3. The Morgan fingerprint density at radius 2 is 1.62 bits per heavy atom. The first kappa shape index (κ1) is 21.7. The minimum Gasteiger partial charge on any atom is -0.326 e. The number of para-hydroxylation sites is 1. The highest BCUT2D eigenvalue weighted by Crippen LogP contribution is 2.17. The third-order valence-corrected chi connectivity index (χ3v) is 3.77. The predicted molar refractivity (Wildman–Crippen MR) is 109 cm³/mol. The zero-order chi connectivity index (χ0) is 18.2. The molecule has 0 aromatic heterocycles. The Balaban J connectivity index is 0.00000338. The lowest BCUT2D eigenvalue weighted by atomic mass is 10.1. The van der Waals surface area contributed by atoms with Gasteiger partial charge in [-0.1, -0.05) is 39.0 Å². The van der Waals surface area contributed by atoms with Gasteiger partial charge in [0.15, 0.2) is 0 Å². The number of rotatable bonds is 7. The van der Waals surface area contributed by atoms with Crippen molar-refractivity contribution in [2.75, 3.05) is 17.2 Å². The number of carbonyl (C=O) groups excluding carboxylic acids is 2. The normalized spacial score (nSPS) is 10.2. The van der Waals surface area contributed by atoms with E-state index in [4.69, 9.17) is 0 Å². The van der Waals surface area contributed by atoms with E-state index in [0.29, 0.717) is 17.8 Å². The summed E-state index contributed by atoms with van der Waals surface area (Å²) < 4.78 is 0. The summed E-state index contributed by atoms with van der Waals surface area (Å²) in [7, 11) is 0. The summed E-state index contributed by atoms with van der Waals surface area (Å²) in [6, 6.07) is 14.6. The average Bonchev–Trinajstić information content (AvgIpc) is 2.61. The molecule has 0 aliphatic rings. The van der Waals surface area contributed by atoms with Crippen LogP contribution in [0.2, 0.25) is 0 Å². The molecule has 5 nitrogen and oxygen atoms in total. The maximum absolute atomic E-state index is 12.5. The quantitative estimate of drug-likeness (QED) is 0.683. The number of halogens is 1. The highest BCUT2D eigenvalue weighted by molar-refractivity contribution is 6.05. The molecule has 140 valence electrons. The Morgan fingerprint density at radius 3 is 2.23 bits per heavy atom. The topological polar surface area (TPSA) is 70.2 Å². The SMILES string of the molecule is CCNCc1ccccc1NC(=O)c1ccc(NC(=O)C(C)C)cc1.Cl. The molecular weight excluding hydrogens is 350 g/mol. The number of carbonyl (C=O) groups is 2. The van der Waals surface area contributed by atoms with Gasteiger partial charge in [0.25, 0.3) is 5.91 Å². The van der Waals surface area contributed by atoms with Crippen molar-refractivity contribution in [3.05, 3.63) is 59.7 Å². The molecule has 6 heteroatoms. The van der Waals surface area contributed by atoms with Gasteiger partial charge in [-0.25, -0.2) is 0 Å². The highest BCUT2D eigenvalue weighted by Gasteiger charge is 2.10. The molecule has 0 aliphatic heterocycles. The summed E-state index contributed by atoms with van der Waals surface area (Å²) in [5.74, 6) is -0.309. The Labute approximate surface area is 161 Å². The first-order valence-electron chi connectivity index (χ1n) is 8.52. The van der Waals surface area contributed by atoms with Crippen molar-refractivity contribution >= 4 is 35.6 Å². The average molecular weight is 376 g/mol. The van der Waals surface area contributed by atoms with Gasteiger partial charge in [-0.2, -0.15) is 0 Å². The second-order valence-corrected chi connectivity index (χ2v) is 6.11. The largest absolute Gasteiger partial charge is 0.326 e. The molecule has 0 bridgehead atoms. The lowest BCUT2D eigenvalue weighted by molar-refractivity contribution is -0.118. The molecule has 0 saturated heterocycles. The van der Waals surface area contributed by atoms with Gasteiger partial charge in [0, 0.05) is 29.4 Å². The minimum absolute atomic E-state index is 0. The second-order valence-electron chi connectivity index (χ2n) is 6.11. The molecule has 0 fully saturated rings. The van der Waals surface area contributed by atoms with Crippen LogP contribution in [0.3, 0.4) is 0 Å². The molecule has 0 aliphatic carbocycles. The van der Waals surface area contributed by atoms with Crippen LogP contribution in [0.5, 0.6) is 0 Å². The Hall–Kier alpha value is -2.37. The van der Waals surface area contributed by atoms with Gasteiger partial charge in [0.05, 0.1) is 0 Å². The Morgan fingerprint density at radius 1 is 0.962 bits per heavy atom.